The zero-order valence-corrected chi connectivity index (χ0v) is 10.0. The SMILES string of the molecule is CC(Cc1ccnn1C1CCCOC1)C(=O)O. The Kier molecular flexibility index (Phi) is 3.78. The first-order valence-corrected chi connectivity index (χ1v) is 6.01. The molecule has 2 atom stereocenters. The molecule has 1 N–H and O–H groups in total. The average Bonchev–Trinajstić information content (AvgIpc) is 2.78. The zero-order valence-electron chi connectivity index (χ0n) is 10.0. The number of ether oxygens (including phenoxy) is 1. The van der Waals surface area contributed by atoms with Crippen molar-refractivity contribution in [3.63, 3.8) is 0 Å². The summed E-state index contributed by atoms with van der Waals surface area (Å²) in [5.74, 6) is -1.15. The van der Waals surface area contributed by atoms with Crippen molar-refractivity contribution in [2.75, 3.05) is 13.2 Å². The molecule has 0 saturated carbocycles. The topological polar surface area (TPSA) is 64.4 Å². The Morgan fingerprint density at radius 1 is 1.76 bits per heavy atom. The highest BCUT2D eigenvalue weighted by molar-refractivity contribution is 5.69. The van der Waals surface area contributed by atoms with E-state index in [-0.39, 0.29) is 12.0 Å². The van der Waals surface area contributed by atoms with E-state index in [1.54, 1.807) is 13.1 Å². The smallest absolute Gasteiger partial charge is 0.306 e. The molecule has 94 valence electrons. The molecule has 2 rings (SSSR count). The van der Waals surface area contributed by atoms with Crippen molar-refractivity contribution in [3.8, 4) is 0 Å². The number of hydrogen-bond acceptors (Lipinski definition) is 3. The number of carboxylic acids is 1. The van der Waals surface area contributed by atoms with Gasteiger partial charge in [0.15, 0.2) is 0 Å². The predicted octanol–water partition coefficient (Wildman–Crippen LogP) is 1.50. The lowest BCUT2D eigenvalue weighted by Crippen LogP contribution is -2.25. The number of aromatic nitrogens is 2. The van der Waals surface area contributed by atoms with E-state index in [9.17, 15) is 4.79 Å². The van der Waals surface area contributed by atoms with Gasteiger partial charge in [0.1, 0.15) is 0 Å². The van der Waals surface area contributed by atoms with Crippen LogP contribution in [0.2, 0.25) is 0 Å². The molecule has 1 aliphatic heterocycles. The summed E-state index contributed by atoms with van der Waals surface area (Å²) < 4.78 is 7.37. The third-order valence-corrected chi connectivity index (χ3v) is 3.17. The molecular formula is C12H18N2O3. The molecule has 5 heteroatoms. The first-order valence-electron chi connectivity index (χ1n) is 6.01. The van der Waals surface area contributed by atoms with E-state index in [2.05, 4.69) is 5.10 Å². The number of hydrogen-bond donors (Lipinski definition) is 1. The van der Waals surface area contributed by atoms with E-state index in [0.717, 1.165) is 25.1 Å². The van der Waals surface area contributed by atoms with Gasteiger partial charge in [-0.3, -0.25) is 9.48 Å². The minimum Gasteiger partial charge on any atom is -0.481 e. The van der Waals surface area contributed by atoms with Crippen molar-refractivity contribution < 1.29 is 14.6 Å². The van der Waals surface area contributed by atoms with E-state index >= 15 is 0 Å². The van der Waals surface area contributed by atoms with E-state index in [4.69, 9.17) is 9.84 Å². The monoisotopic (exact) mass is 238 g/mol. The number of carbonyl (C=O) groups is 1. The van der Waals surface area contributed by atoms with Crippen LogP contribution in [0.3, 0.4) is 0 Å². The normalized spacial score (nSPS) is 22.3. The van der Waals surface area contributed by atoms with Crippen molar-refractivity contribution >= 4 is 5.97 Å². The van der Waals surface area contributed by atoms with Crippen molar-refractivity contribution in [2.24, 2.45) is 5.92 Å². The van der Waals surface area contributed by atoms with Gasteiger partial charge in [-0.05, 0) is 18.9 Å². The maximum Gasteiger partial charge on any atom is 0.306 e. The zero-order chi connectivity index (χ0) is 12.3. The highest BCUT2D eigenvalue weighted by Gasteiger charge is 2.21. The second kappa shape index (κ2) is 5.31. The molecule has 0 amide bonds. The molecule has 2 unspecified atom stereocenters. The van der Waals surface area contributed by atoms with Crippen LogP contribution in [0.15, 0.2) is 12.3 Å². The van der Waals surface area contributed by atoms with Crippen molar-refractivity contribution in [3.05, 3.63) is 18.0 Å². The van der Waals surface area contributed by atoms with Gasteiger partial charge in [-0.15, -0.1) is 0 Å². The van der Waals surface area contributed by atoms with Gasteiger partial charge in [-0.1, -0.05) is 6.92 Å². The maximum absolute atomic E-state index is 10.9. The van der Waals surface area contributed by atoms with Crippen LogP contribution in [0.4, 0.5) is 0 Å². The first kappa shape index (κ1) is 12.1. The molecule has 1 aromatic rings. The maximum atomic E-state index is 10.9. The van der Waals surface area contributed by atoms with Crippen LogP contribution in [-0.2, 0) is 16.0 Å². The van der Waals surface area contributed by atoms with Gasteiger partial charge in [-0.2, -0.15) is 5.10 Å². The fourth-order valence-corrected chi connectivity index (χ4v) is 2.15. The Bertz CT molecular complexity index is 383. The summed E-state index contributed by atoms with van der Waals surface area (Å²) in [6, 6.07) is 2.16. The Morgan fingerprint density at radius 3 is 3.24 bits per heavy atom. The molecule has 2 heterocycles. The van der Waals surface area contributed by atoms with Crippen LogP contribution in [0.1, 0.15) is 31.5 Å². The summed E-state index contributed by atoms with van der Waals surface area (Å²) in [5.41, 5.74) is 0.982. The third kappa shape index (κ3) is 2.85. The minimum atomic E-state index is -0.766. The quantitative estimate of drug-likeness (QED) is 0.863. The first-order chi connectivity index (χ1) is 8.18. The summed E-state index contributed by atoms with van der Waals surface area (Å²) >= 11 is 0. The number of carboxylic acid groups (broad SMARTS) is 1. The van der Waals surface area contributed by atoms with Crippen molar-refractivity contribution in [2.45, 2.75) is 32.2 Å². The van der Waals surface area contributed by atoms with Crippen LogP contribution in [0, 0.1) is 5.92 Å². The molecule has 0 bridgehead atoms. The molecule has 1 fully saturated rings. The van der Waals surface area contributed by atoms with Gasteiger partial charge in [-0.25, -0.2) is 0 Å². The van der Waals surface area contributed by atoms with Gasteiger partial charge in [0.25, 0.3) is 0 Å². The lowest BCUT2D eigenvalue weighted by atomic mass is 10.0. The summed E-state index contributed by atoms with van der Waals surface area (Å²) in [5, 5.41) is 13.2. The third-order valence-electron chi connectivity index (χ3n) is 3.17. The standard InChI is InChI=1S/C12H18N2O3/c1-9(12(15)16)7-10-4-5-13-14(10)11-3-2-6-17-8-11/h4-5,9,11H,2-3,6-8H2,1H3,(H,15,16). The van der Waals surface area contributed by atoms with Crippen LogP contribution in [0.5, 0.6) is 0 Å². The second-order valence-electron chi connectivity index (χ2n) is 4.58. The summed E-state index contributed by atoms with van der Waals surface area (Å²) in [6.07, 6.45) is 4.35. The molecular weight excluding hydrogens is 220 g/mol. The predicted molar refractivity (Wildman–Crippen MR) is 61.8 cm³/mol. The highest BCUT2D eigenvalue weighted by Crippen LogP contribution is 2.21. The summed E-state index contributed by atoms with van der Waals surface area (Å²) in [4.78, 5) is 10.9. The number of aliphatic carboxylic acids is 1. The molecule has 0 spiro atoms. The van der Waals surface area contributed by atoms with Crippen LogP contribution >= 0.6 is 0 Å². The highest BCUT2D eigenvalue weighted by atomic mass is 16.5. The van der Waals surface area contributed by atoms with Crippen LogP contribution in [0.25, 0.3) is 0 Å². The molecule has 1 aliphatic rings. The van der Waals surface area contributed by atoms with E-state index in [1.165, 1.54) is 0 Å². The van der Waals surface area contributed by atoms with Gasteiger partial charge in [0, 0.05) is 24.9 Å². The van der Waals surface area contributed by atoms with Gasteiger partial charge in [0.05, 0.1) is 18.6 Å². The van der Waals surface area contributed by atoms with Gasteiger partial charge in [0.2, 0.25) is 0 Å². The fraction of sp³-hybridized carbons (Fsp3) is 0.667. The van der Waals surface area contributed by atoms with E-state index in [1.807, 2.05) is 10.7 Å². The lowest BCUT2D eigenvalue weighted by molar-refractivity contribution is -0.141. The van der Waals surface area contributed by atoms with Gasteiger partial charge >= 0.3 is 5.97 Å². The number of rotatable bonds is 4. The largest absolute Gasteiger partial charge is 0.481 e. The van der Waals surface area contributed by atoms with Crippen molar-refractivity contribution in [1.29, 1.82) is 0 Å². The van der Waals surface area contributed by atoms with E-state index in [0.29, 0.717) is 13.0 Å². The Labute approximate surface area is 100 Å². The average molecular weight is 238 g/mol. The molecule has 0 radical (unpaired) electrons. The van der Waals surface area contributed by atoms with Crippen LogP contribution < -0.4 is 0 Å². The van der Waals surface area contributed by atoms with Crippen LogP contribution in [-0.4, -0.2) is 34.1 Å². The minimum absolute atomic E-state index is 0.259. The molecule has 5 nitrogen and oxygen atoms in total. The summed E-state index contributed by atoms with van der Waals surface area (Å²) in [6.45, 7) is 3.21. The fourth-order valence-electron chi connectivity index (χ4n) is 2.15. The lowest BCUT2D eigenvalue weighted by Gasteiger charge is -2.24. The molecule has 17 heavy (non-hydrogen) atoms. The Balaban J connectivity index is 2.07. The molecule has 0 aliphatic carbocycles. The van der Waals surface area contributed by atoms with E-state index < -0.39 is 5.97 Å². The molecule has 1 aromatic heterocycles. The molecule has 0 aromatic carbocycles. The Hall–Kier alpha value is -1.36. The number of nitrogens with zero attached hydrogens (tertiary/aromatic N) is 2. The van der Waals surface area contributed by atoms with Crippen molar-refractivity contribution in [1.82, 2.24) is 9.78 Å². The van der Waals surface area contributed by atoms with Gasteiger partial charge < -0.3 is 9.84 Å². The summed E-state index contributed by atoms with van der Waals surface area (Å²) in [7, 11) is 0. The molecule has 1 saturated heterocycles. The Morgan fingerprint density at radius 2 is 2.59 bits per heavy atom. The second-order valence-corrected chi connectivity index (χ2v) is 4.58.